The quantitative estimate of drug-likeness (QED) is 0.685. The lowest BCUT2D eigenvalue weighted by Crippen LogP contribution is -2.47. The zero-order chi connectivity index (χ0) is 20.0. The molecule has 4 nitrogen and oxygen atoms in total. The highest BCUT2D eigenvalue weighted by Gasteiger charge is 2.23. The van der Waals surface area contributed by atoms with Crippen molar-refractivity contribution in [1.82, 2.24) is 10.6 Å². The molecule has 2 atom stereocenters. The fraction of sp³-hybridized carbons (Fsp3) is 0.429. The Hall–Kier alpha value is -1.79. The van der Waals surface area contributed by atoms with Gasteiger partial charge in [0.1, 0.15) is 6.04 Å². The van der Waals surface area contributed by atoms with Crippen LogP contribution in [0.2, 0.25) is 0 Å². The molecule has 0 fully saturated rings. The van der Waals surface area contributed by atoms with Crippen LogP contribution in [-0.2, 0) is 4.79 Å². The molecule has 6 heteroatoms. The summed E-state index contributed by atoms with van der Waals surface area (Å²) in [7, 11) is 0. The summed E-state index contributed by atoms with van der Waals surface area (Å²) in [6.45, 7) is 8.07. The summed E-state index contributed by atoms with van der Waals surface area (Å²) in [6, 6.07) is 8.88. The topological polar surface area (TPSA) is 58.2 Å². The van der Waals surface area contributed by atoms with E-state index in [0.717, 1.165) is 16.9 Å². The molecule has 1 heterocycles. The van der Waals surface area contributed by atoms with Crippen molar-refractivity contribution in [2.24, 2.45) is 0 Å². The van der Waals surface area contributed by atoms with Crippen LogP contribution in [0.4, 0.5) is 0 Å². The molecule has 2 rings (SSSR count). The second kappa shape index (κ2) is 9.95. The first-order valence-corrected chi connectivity index (χ1v) is 11.3. The fourth-order valence-electron chi connectivity index (χ4n) is 3.00. The van der Waals surface area contributed by atoms with Crippen molar-refractivity contribution in [3.8, 4) is 0 Å². The SMILES string of the molecule is CSCC[C@@H](NC(=O)c1cccc(C)c1)C(=O)N[C@H](C)c1cc(C)sc1C. The summed E-state index contributed by atoms with van der Waals surface area (Å²) in [5.74, 6) is 0.452. The summed E-state index contributed by atoms with van der Waals surface area (Å²) in [5.41, 5.74) is 2.73. The Labute approximate surface area is 170 Å². The Balaban J connectivity index is 2.08. The average Bonchev–Trinajstić information content (AvgIpc) is 2.96. The minimum atomic E-state index is -0.548. The summed E-state index contributed by atoms with van der Waals surface area (Å²) in [5, 5.41) is 5.98. The lowest BCUT2D eigenvalue weighted by atomic mass is 10.1. The Bertz CT molecular complexity index is 801. The Morgan fingerprint density at radius 2 is 1.89 bits per heavy atom. The standard InChI is InChI=1S/C21H28N2O2S2/c1-13-7-6-8-17(11-13)20(24)23-19(9-10-26-5)21(25)22-15(3)18-12-14(2)27-16(18)4/h6-8,11-12,15,19H,9-10H2,1-5H3,(H,22,25)(H,23,24)/t15-,19-/m1/s1. The van der Waals surface area contributed by atoms with Gasteiger partial charge in [0.05, 0.1) is 6.04 Å². The molecule has 2 amide bonds. The van der Waals surface area contributed by atoms with Crippen LogP contribution in [0.25, 0.3) is 0 Å². The third-order valence-electron chi connectivity index (χ3n) is 4.42. The molecular formula is C21H28N2O2S2. The van der Waals surface area contributed by atoms with E-state index in [0.29, 0.717) is 12.0 Å². The number of hydrogen-bond acceptors (Lipinski definition) is 4. The van der Waals surface area contributed by atoms with Crippen LogP contribution in [0.15, 0.2) is 30.3 Å². The minimum Gasteiger partial charge on any atom is -0.348 e. The molecule has 2 N–H and O–H groups in total. The Morgan fingerprint density at radius 1 is 1.15 bits per heavy atom. The van der Waals surface area contributed by atoms with E-state index in [1.54, 1.807) is 29.2 Å². The summed E-state index contributed by atoms with van der Waals surface area (Å²) >= 11 is 3.40. The highest BCUT2D eigenvalue weighted by Crippen LogP contribution is 2.26. The third kappa shape index (κ3) is 6.11. The van der Waals surface area contributed by atoms with E-state index in [9.17, 15) is 9.59 Å². The molecule has 1 aromatic heterocycles. The van der Waals surface area contributed by atoms with Gasteiger partial charge >= 0.3 is 0 Å². The monoisotopic (exact) mass is 404 g/mol. The number of amides is 2. The van der Waals surface area contributed by atoms with Crippen LogP contribution in [-0.4, -0.2) is 29.9 Å². The van der Waals surface area contributed by atoms with E-state index >= 15 is 0 Å². The van der Waals surface area contributed by atoms with Crippen molar-refractivity contribution in [3.05, 3.63) is 56.8 Å². The summed E-state index contributed by atoms with van der Waals surface area (Å²) in [6.07, 6.45) is 2.59. The van der Waals surface area contributed by atoms with Crippen LogP contribution in [0.1, 0.15) is 50.6 Å². The van der Waals surface area contributed by atoms with Gasteiger partial charge in [-0.05, 0) is 69.9 Å². The van der Waals surface area contributed by atoms with E-state index in [1.165, 1.54) is 9.75 Å². The van der Waals surface area contributed by atoms with Gasteiger partial charge in [-0.15, -0.1) is 11.3 Å². The van der Waals surface area contributed by atoms with Gasteiger partial charge in [0.25, 0.3) is 5.91 Å². The zero-order valence-electron chi connectivity index (χ0n) is 16.6. The van der Waals surface area contributed by atoms with Crippen molar-refractivity contribution in [1.29, 1.82) is 0 Å². The molecule has 0 aliphatic carbocycles. The first-order chi connectivity index (χ1) is 12.8. The van der Waals surface area contributed by atoms with Crippen molar-refractivity contribution in [2.75, 3.05) is 12.0 Å². The number of carbonyl (C=O) groups excluding carboxylic acids is 2. The smallest absolute Gasteiger partial charge is 0.251 e. The van der Waals surface area contributed by atoms with Crippen molar-refractivity contribution < 1.29 is 9.59 Å². The molecule has 27 heavy (non-hydrogen) atoms. The Kier molecular flexibility index (Phi) is 7.92. The van der Waals surface area contributed by atoms with Gasteiger partial charge in [0.2, 0.25) is 5.91 Å². The maximum absolute atomic E-state index is 12.9. The highest BCUT2D eigenvalue weighted by molar-refractivity contribution is 7.98. The molecule has 2 aromatic rings. The maximum atomic E-state index is 12.9. The van der Waals surface area contributed by atoms with Gasteiger partial charge in [0.15, 0.2) is 0 Å². The van der Waals surface area contributed by atoms with Crippen molar-refractivity contribution in [3.63, 3.8) is 0 Å². The van der Waals surface area contributed by atoms with Crippen LogP contribution < -0.4 is 10.6 Å². The van der Waals surface area contributed by atoms with Crippen molar-refractivity contribution in [2.45, 2.75) is 46.2 Å². The molecule has 0 spiro atoms. The number of thioether (sulfide) groups is 1. The van der Waals surface area contributed by atoms with Crippen LogP contribution in [0.5, 0.6) is 0 Å². The molecule has 0 saturated heterocycles. The van der Waals surface area contributed by atoms with E-state index in [-0.39, 0.29) is 17.9 Å². The predicted octanol–water partition coefficient (Wildman–Crippen LogP) is 4.40. The van der Waals surface area contributed by atoms with Crippen molar-refractivity contribution >= 4 is 34.9 Å². The number of carbonyl (C=O) groups is 2. The van der Waals surface area contributed by atoms with E-state index in [2.05, 4.69) is 30.5 Å². The molecule has 0 aliphatic rings. The van der Waals surface area contributed by atoms with Crippen LogP contribution in [0.3, 0.4) is 0 Å². The Morgan fingerprint density at radius 3 is 2.48 bits per heavy atom. The normalized spacial score (nSPS) is 13.1. The number of hydrogen-bond donors (Lipinski definition) is 2. The molecule has 0 aliphatic heterocycles. The van der Waals surface area contributed by atoms with Gasteiger partial charge in [-0.3, -0.25) is 9.59 Å². The second-order valence-corrected chi connectivity index (χ2v) is 9.22. The van der Waals surface area contributed by atoms with Crippen LogP contribution >= 0.6 is 23.1 Å². The lowest BCUT2D eigenvalue weighted by molar-refractivity contribution is -0.123. The maximum Gasteiger partial charge on any atom is 0.251 e. The number of thiophene rings is 1. The van der Waals surface area contributed by atoms with Gasteiger partial charge in [-0.25, -0.2) is 0 Å². The lowest BCUT2D eigenvalue weighted by Gasteiger charge is -2.21. The van der Waals surface area contributed by atoms with Gasteiger partial charge in [-0.2, -0.15) is 11.8 Å². The molecule has 1 aromatic carbocycles. The number of benzene rings is 1. The molecule has 0 bridgehead atoms. The third-order valence-corrected chi connectivity index (χ3v) is 6.04. The zero-order valence-corrected chi connectivity index (χ0v) is 18.2. The van der Waals surface area contributed by atoms with Crippen LogP contribution in [0, 0.1) is 20.8 Å². The number of rotatable bonds is 8. The number of nitrogens with one attached hydrogen (secondary N) is 2. The van der Waals surface area contributed by atoms with Gasteiger partial charge < -0.3 is 10.6 Å². The molecule has 0 radical (unpaired) electrons. The summed E-state index contributed by atoms with van der Waals surface area (Å²) < 4.78 is 0. The van der Waals surface area contributed by atoms with E-state index in [4.69, 9.17) is 0 Å². The molecule has 0 unspecified atom stereocenters. The largest absolute Gasteiger partial charge is 0.348 e. The van der Waals surface area contributed by atoms with E-state index < -0.39 is 6.04 Å². The molecule has 146 valence electrons. The molecule has 0 saturated carbocycles. The molecular weight excluding hydrogens is 376 g/mol. The average molecular weight is 405 g/mol. The minimum absolute atomic E-state index is 0.0879. The fourth-order valence-corrected chi connectivity index (χ4v) is 4.50. The first-order valence-electron chi connectivity index (χ1n) is 9.05. The highest BCUT2D eigenvalue weighted by atomic mass is 32.2. The first kappa shape index (κ1) is 21.5. The number of aryl methyl sites for hydroxylation is 3. The summed E-state index contributed by atoms with van der Waals surface area (Å²) in [4.78, 5) is 27.9. The van der Waals surface area contributed by atoms with E-state index in [1.807, 2.05) is 38.3 Å². The van der Waals surface area contributed by atoms with Gasteiger partial charge in [-0.1, -0.05) is 17.7 Å². The van der Waals surface area contributed by atoms with Gasteiger partial charge in [0, 0.05) is 15.3 Å². The second-order valence-electron chi connectivity index (χ2n) is 6.78. The predicted molar refractivity (Wildman–Crippen MR) is 116 cm³/mol.